The monoisotopic (exact) mass is 559 g/mol. The number of thioether (sulfide) groups is 1. The number of halogens is 1. The van der Waals surface area contributed by atoms with Crippen molar-refractivity contribution in [2.24, 2.45) is 0 Å². The number of aliphatic hydroxyl groups excluding tert-OH is 1. The van der Waals surface area contributed by atoms with Gasteiger partial charge in [0, 0.05) is 40.4 Å². The van der Waals surface area contributed by atoms with Crippen LogP contribution in [0.25, 0.3) is 26.5 Å². The van der Waals surface area contributed by atoms with Crippen molar-refractivity contribution in [1.82, 2.24) is 9.97 Å². The van der Waals surface area contributed by atoms with E-state index in [2.05, 4.69) is 15.8 Å². The molecule has 190 valence electrons. The van der Waals surface area contributed by atoms with Crippen molar-refractivity contribution in [2.75, 3.05) is 31.2 Å². The lowest BCUT2D eigenvalue weighted by Gasteiger charge is -2.34. The van der Waals surface area contributed by atoms with Crippen LogP contribution in [0.15, 0.2) is 58.9 Å². The fourth-order valence-corrected chi connectivity index (χ4v) is 5.94. The summed E-state index contributed by atoms with van der Waals surface area (Å²) in [6.07, 6.45) is 1.04. The van der Waals surface area contributed by atoms with Crippen molar-refractivity contribution in [2.45, 2.75) is 17.2 Å². The number of aromatic nitrogens is 2. The molecule has 7 nitrogen and oxygen atoms in total. The predicted molar refractivity (Wildman–Crippen MR) is 152 cm³/mol. The minimum absolute atomic E-state index is 0.0769. The highest BCUT2D eigenvalue weighted by molar-refractivity contribution is 7.98. The summed E-state index contributed by atoms with van der Waals surface area (Å²) in [7, 11) is 0. The maximum Gasteiger partial charge on any atom is 0.237 e. The van der Waals surface area contributed by atoms with Gasteiger partial charge in [-0.15, -0.1) is 11.3 Å². The molecule has 0 radical (unpaired) electrons. The zero-order valence-corrected chi connectivity index (χ0v) is 22.6. The van der Waals surface area contributed by atoms with E-state index in [1.54, 1.807) is 23.5 Å². The Morgan fingerprint density at radius 3 is 2.50 bits per heavy atom. The van der Waals surface area contributed by atoms with Crippen LogP contribution in [0.1, 0.15) is 17.7 Å². The Hall–Kier alpha value is -3.60. The van der Waals surface area contributed by atoms with E-state index in [0.717, 1.165) is 41.3 Å². The van der Waals surface area contributed by atoms with E-state index < -0.39 is 0 Å². The van der Waals surface area contributed by atoms with Crippen molar-refractivity contribution in [1.29, 1.82) is 5.26 Å². The standard InChI is InChI=1S/C28H22ClN5O2S2/c1-31-25-24(18-5-9-22(10-6-18)36-14-13-35)23(15-30)28(33-26(25)34-11-2-12-34)38-17-21-16-37-27(32-21)19-3-7-20(29)8-4-19/h3-10,16,35H,2,11-14,17H2. The molecule has 1 aliphatic rings. The van der Waals surface area contributed by atoms with Crippen LogP contribution in [0.4, 0.5) is 11.5 Å². The van der Waals surface area contributed by atoms with Crippen molar-refractivity contribution in [3.8, 4) is 33.5 Å². The SMILES string of the molecule is [C-]#[N+]c1c(N2CCC2)nc(SCc2csc(-c3ccc(Cl)cc3)n2)c(C#N)c1-c1ccc(OCCO)cc1. The van der Waals surface area contributed by atoms with Crippen LogP contribution in [0.2, 0.25) is 5.02 Å². The number of nitrogens with zero attached hydrogens (tertiary/aromatic N) is 5. The van der Waals surface area contributed by atoms with Gasteiger partial charge < -0.3 is 14.7 Å². The van der Waals surface area contributed by atoms with E-state index in [4.69, 9.17) is 38.0 Å². The predicted octanol–water partition coefficient (Wildman–Crippen LogP) is 6.82. The number of ether oxygens (including phenoxy) is 1. The Balaban J connectivity index is 1.49. The molecule has 5 rings (SSSR count). The second-order valence-corrected chi connectivity index (χ2v) is 10.7. The Bertz CT molecular complexity index is 1520. The fraction of sp³-hybridized carbons (Fsp3) is 0.214. The first kappa shape index (κ1) is 26.0. The maximum absolute atomic E-state index is 10.2. The van der Waals surface area contributed by atoms with Crippen molar-refractivity contribution in [3.05, 3.63) is 81.6 Å². The van der Waals surface area contributed by atoms with E-state index in [0.29, 0.717) is 44.2 Å². The summed E-state index contributed by atoms with van der Waals surface area (Å²) < 4.78 is 5.49. The van der Waals surface area contributed by atoms with Gasteiger partial charge in [-0.3, -0.25) is 0 Å². The number of hydrogen-bond donors (Lipinski definition) is 1. The second kappa shape index (κ2) is 11.8. The number of thiazole rings is 1. The van der Waals surface area contributed by atoms with Crippen LogP contribution in [-0.2, 0) is 5.75 Å². The highest BCUT2D eigenvalue weighted by atomic mass is 35.5. The van der Waals surface area contributed by atoms with Gasteiger partial charge in [0.2, 0.25) is 5.69 Å². The number of anilines is 1. The molecular formula is C28H22ClN5O2S2. The fourth-order valence-electron chi connectivity index (χ4n) is 4.01. The molecule has 1 fully saturated rings. The van der Waals surface area contributed by atoms with Gasteiger partial charge in [0.15, 0.2) is 0 Å². The molecule has 2 aromatic heterocycles. The highest BCUT2D eigenvalue weighted by Gasteiger charge is 2.27. The molecule has 38 heavy (non-hydrogen) atoms. The minimum Gasteiger partial charge on any atom is -0.491 e. The lowest BCUT2D eigenvalue weighted by molar-refractivity contribution is 0.201. The van der Waals surface area contributed by atoms with Gasteiger partial charge in [0.1, 0.15) is 34.3 Å². The quantitative estimate of drug-likeness (QED) is 0.178. The summed E-state index contributed by atoms with van der Waals surface area (Å²) in [5, 5.41) is 23.4. The van der Waals surface area contributed by atoms with E-state index in [-0.39, 0.29) is 13.2 Å². The molecule has 1 aliphatic heterocycles. The second-order valence-electron chi connectivity index (χ2n) is 8.44. The van der Waals surface area contributed by atoms with E-state index >= 15 is 0 Å². The lowest BCUT2D eigenvalue weighted by atomic mass is 9.99. The van der Waals surface area contributed by atoms with Crippen LogP contribution in [-0.4, -0.2) is 41.4 Å². The van der Waals surface area contributed by atoms with Crippen LogP contribution in [0.5, 0.6) is 5.75 Å². The minimum atomic E-state index is -0.0769. The summed E-state index contributed by atoms with van der Waals surface area (Å²) in [6, 6.07) is 17.1. The molecule has 2 aromatic carbocycles. The zero-order chi connectivity index (χ0) is 26.5. The third-order valence-electron chi connectivity index (χ3n) is 6.00. The number of nitriles is 1. The van der Waals surface area contributed by atoms with Crippen molar-refractivity contribution < 1.29 is 9.84 Å². The van der Waals surface area contributed by atoms with Crippen LogP contribution >= 0.6 is 34.7 Å². The summed E-state index contributed by atoms with van der Waals surface area (Å²) in [5.41, 5.74) is 3.98. The summed E-state index contributed by atoms with van der Waals surface area (Å²) in [6.45, 7) is 9.73. The average molecular weight is 560 g/mol. The van der Waals surface area contributed by atoms with Gasteiger partial charge in [0.25, 0.3) is 0 Å². The van der Waals surface area contributed by atoms with Crippen molar-refractivity contribution >= 4 is 46.2 Å². The molecule has 0 spiro atoms. The third-order valence-corrected chi connectivity index (χ3v) is 8.20. The molecule has 4 aromatic rings. The number of hydrogen-bond acceptors (Lipinski definition) is 8. The van der Waals surface area contributed by atoms with Crippen LogP contribution in [0, 0.1) is 17.9 Å². The summed E-state index contributed by atoms with van der Waals surface area (Å²) in [5.74, 6) is 1.76. The lowest BCUT2D eigenvalue weighted by Crippen LogP contribution is -2.37. The molecule has 0 atom stereocenters. The smallest absolute Gasteiger partial charge is 0.237 e. The number of benzene rings is 2. The Morgan fingerprint density at radius 1 is 1.13 bits per heavy atom. The third kappa shape index (κ3) is 5.47. The Morgan fingerprint density at radius 2 is 1.87 bits per heavy atom. The normalized spacial score (nSPS) is 12.5. The maximum atomic E-state index is 10.2. The van der Waals surface area contributed by atoms with Gasteiger partial charge in [0.05, 0.1) is 24.4 Å². The molecule has 1 saturated heterocycles. The van der Waals surface area contributed by atoms with Crippen LogP contribution < -0.4 is 9.64 Å². The molecule has 0 bridgehead atoms. The van der Waals surface area contributed by atoms with E-state index in [1.165, 1.54) is 11.8 Å². The topological polar surface area (TPSA) is 86.6 Å². The van der Waals surface area contributed by atoms with Gasteiger partial charge in [-0.25, -0.2) is 14.8 Å². The first-order valence-electron chi connectivity index (χ1n) is 11.9. The molecule has 0 aliphatic carbocycles. The molecule has 3 heterocycles. The number of pyridine rings is 1. The van der Waals surface area contributed by atoms with E-state index in [9.17, 15) is 5.26 Å². The summed E-state index contributed by atoms with van der Waals surface area (Å²) >= 11 is 9.03. The van der Waals surface area contributed by atoms with Crippen LogP contribution in [0.3, 0.4) is 0 Å². The molecule has 0 amide bonds. The van der Waals surface area contributed by atoms with Gasteiger partial charge in [-0.1, -0.05) is 47.6 Å². The van der Waals surface area contributed by atoms with Gasteiger partial charge in [-0.2, -0.15) is 5.26 Å². The largest absolute Gasteiger partial charge is 0.491 e. The molecule has 10 heteroatoms. The number of rotatable bonds is 9. The van der Waals surface area contributed by atoms with Gasteiger partial charge in [-0.05, 0) is 36.2 Å². The first-order chi connectivity index (χ1) is 18.6. The summed E-state index contributed by atoms with van der Waals surface area (Å²) in [4.78, 5) is 15.5. The average Bonchev–Trinajstić information content (AvgIpc) is 3.39. The van der Waals surface area contributed by atoms with Crippen molar-refractivity contribution in [3.63, 3.8) is 0 Å². The zero-order valence-electron chi connectivity index (χ0n) is 20.2. The molecule has 0 unspecified atom stereocenters. The molecular weight excluding hydrogens is 538 g/mol. The molecule has 1 N–H and O–H groups in total. The Kier molecular flexibility index (Phi) is 8.11. The van der Waals surface area contributed by atoms with E-state index in [1.807, 2.05) is 41.8 Å². The first-order valence-corrected chi connectivity index (χ1v) is 14.1. The number of aliphatic hydroxyl groups is 1. The molecule has 0 saturated carbocycles. The van der Waals surface area contributed by atoms with Gasteiger partial charge >= 0.3 is 0 Å². The Labute approximate surface area is 234 Å². The highest BCUT2D eigenvalue weighted by Crippen LogP contribution is 2.45.